The molecule has 1 saturated heterocycles. The van der Waals surface area contributed by atoms with Gasteiger partial charge in [0.1, 0.15) is 0 Å². The van der Waals surface area contributed by atoms with Crippen LogP contribution in [0.3, 0.4) is 0 Å². The summed E-state index contributed by atoms with van der Waals surface area (Å²) in [5, 5.41) is 3.34. The molecule has 1 heterocycles. The third kappa shape index (κ3) is 7.09. The molecule has 2 rings (SSSR count). The average molecular weight is 460 g/mol. The zero-order valence-corrected chi connectivity index (χ0v) is 17.4. The maximum atomic E-state index is 11.3. The van der Waals surface area contributed by atoms with Crippen molar-refractivity contribution in [2.75, 3.05) is 51.3 Å². The van der Waals surface area contributed by atoms with Gasteiger partial charge in [0.15, 0.2) is 5.96 Å². The van der Waals surface area contributed by atoms with E-state index in [0.29, 0.717) is 13.0 Å². The zero-order valence-electron chi connectivity index (χ0n) is 15.1. The molecule has 1 aromatic carbocycles. The normalized spacial score (nSPS) is 14.7. The van der Waals surface area contributed by atoms with Gasteiger partial charge in [-0.2, -0.15) is 0 Å². The standard InChI is InChI=1S/C18H28N4O2.HI/c1-3-24-17(23)10-7-11-20-18(19-2)22-14-12-21(13-15-22)16-8-5-4-6-9-16;/h4-6,8-9H,3,7,10-15H2,1-2H3,(H,19,20);1H. The second-order valence-electron chi connectivity index (χ2n) is 5.69. The van der Waals surface area contributed by atoms with Gasteiger partial charge in [-0.25, -0.2) is 0 Å². The summed E-state index contributed by atoms with van der Waals surface area (Å²) in [4.78, 5) is 20.4. The number of carbonyl (C=O) groups is 1. The van der Waals surface area contributed by atoms with Crippen LogP contribution in [-0.2, 0) is 9.53 Å². The Balaban J connectivity index is 0.00000312. The highest BCUT2D eigenvalue weighted by atomic mass is 127. The van der Waals surface area contributed by atoms with Crippen LogP contribution in [0.5, 0.6) is 0 Å². The number of rotatable bonds is 6. The van der Waals surface area contributed by atoms with Gasteiger partial charge in [-0.3, -0.25) is 9.79 Å². The highest BCUT2D eigenvalue weighted by Gasteiger charge is 2.19. The van der Waals surface area contributed by atoms with Crippen LogP contribution in [0, 0.1) is 0 Å². The van der Waals surface area contributed by atoms with Crippen molar-refractivity contribution in [3.8, 4) is 0 Å². The molecule has 1 aromatic rings. The van der Waals surface area contributed by atoms with Crippen molar-refractivity contribution in [3.05, 3.63) is 30.3 Å². The van der Waals surface area contributed by atoms with E-state index < -0.39 is 0 Å². The number of hydrogen-bond acceptors (Lipinski definition) is 4. The van der Waals surface area contributed by atoms with E-state index in [-0.39, 0.29) is 29.9 Å². The molecule has 7 heteroatoms. The summed E-state index contributed by atoms with van der Waals surface area (Å²) < 4.78 is 4.93. The molecule has 1 aliphatic heterocycles. The molecule has 0 spiro atoms. The number of carbonyl (C=O) groups excluding carboxylic acids is 1. The van der Waals surface area contributed by atoms with E-state index in [0.717, 1.165) is 45.1 Å². The summed E-state index contributed by atoms with van der Waals surface area (Å²) in [6, 6.07) is 10.5. The lowest BCUT2D eigenvalue weighted by Crippen LogP contribution is -2.52. The summed E-state index contributed by atoms with van der Waals surface area (Å²) in [7, 11) is 1.80. The molecule has 0 aromatic heterocycles. The van der Waals surface area contributed by atoms with Gasteiger partial charge in [0.25, 0.3) is 0 Å². The van der Waals surface area contributed by atoms with Crippen LogP contribution in [0.15, 0.2) is 35.3 Å². The van der Waals surface area contributed by atoms with Crippen molar-refractivity contribution >= 4 is 41.6 Å². The summed E-state index contributed by atoms with van der Waals surface area (Å²) in [6.45, 7) is 6.83. The minimum atomic E-state index is -0.134. The number of halogens is 1. The van der Waals surface area contributed by atoms with Crippen molar-refractivity contribution < 1.29 is 9.53 Å². The highest BCUT2D eigenvalue weighted by molar-refractivity contribution is 14.0. The number of aliphatic imine (C=N–C) groups is 1. The van der Waals surface area contributed by atoms with Crippen molar-refractivity contribution in [2.24, 2.45) is 4.99 Å². The molecular weight excluding hydrogens is 431 g/mol. The molecule has 0 unspecified atom stereocenters. The molecule has 0 aliphatic carbocycles. The van der Waals surface area contributed by atoms with Crippen molar-refractivity contribution in [1.82, 2.24) is 10.2 Å². The first-order chi connectivity index (χ1) is 11.7. The van der Waals surface area contributed by atoms with E-state index in [9.17, 15) is 4.79 Å². The van der Waals surface area contributed by atoms with Gasteiger partial charge in [-0.05, 0) is 25.5 Å². The molecule has 6 nitrogen and oxygen atoms in total. The van der Waals surface area contributed by atoms with Gasteiger partial charge in [0.2, 0.25) is 0 Å². The van der Waals surface area contributed by atoms with Gasteiger partial charge in [-0.15, -0.1) is 24.0 Å². The minimum absolute atomic E-state index is 0. The van der Waals surface area contributed by atoms with E-state index in [1.54, 1.807) is 7.05 Å². The van der Waals surface area contributed by atoms with Gasteiger partial charge < -0.3 is 19.9 Å². The molecule has 0 saturated carbocycles. The molecule has 1 aliphatic rings. The number of guanidine groups is 1. The first-order valence-electron chi connectivity index (χ1n) is 8.65. The van der Waals surface area contributed by atoms with E-state index in [1.165, 1.54) is 5.69 Å². The second-order valence-corrected chi connectivity index (χ2v) is 5.69. The molecule has 1 fully saturated rings. The van der Waals surface area contributed by atoms with Crippen molar-refractivity contribution in [1.29, 1.82) is 0 Å². The Morgan fingerprint density at radius 1 is 1.20 bits per heavy atom. The number of ether oxygens (including phenoxy) is 1. The number of nitrogens with zero attached hydrogens (tertiary/aromatic N) is 3. The minimum Gasteiger partial charge on any atom is -0.466 e. The molecule has 0 amide bonds. The Morgan fingerprint density at radius 3 is 2.48 bits per heavy atom. The fraction of sp³-hybridized carbons (Fsp3) is 0.556. The van der Waals surface area contributed by atoms with Gasteiger partial charge in [-0.1, -0.05) is 18.2 Å². The zero-order chi connectivity index (χ0) is 17.2. The Kier molecular flexibility index (Phi) is 10.3. The van der Waals surface area contributed by atoms with Crippen LogP contribution >= 0.6 is 24.0 Å². The maximum Gasteiger partial charge on any atom is 0.305 e. The lowest BCUT2D eigenvalue weighted by molar-refractivity contribution is -0.143. The van der Waals surface area contributed by atoms with Gasteiger partial charge in [0.05, 0.1) is 6.61 Å². The van der Waals surface area contributed by atoms with Gasteiger partial charge >= 0.3 is 5.97 Å². The molecule has 0 bridgehead atoms. The SMILES string of the molecule is CCOC(=O)CCCNC(=NC)N1CCN(c2ccccc2)CC1.I. The number of esters is 1. The largest absolute Gasteiger partial charge is 0.466 e. The van der Waals surface area contributed by atoms with Crippen LogP contribution < -0.4 is 10.2 Å². The number of benzene rings is 1. The molecular formula is C18H29IN4O2. The maximum absolute atomic E-state index is 11.3. The van der Waals surface area contributed by atoms with E-state index in [1.807, 2.05) is 13.0 Å². The highest BCUT2D eigenvalue weighted by Crippen LogP contribution is 2.15. The third-order valence-electron chi connectivity index (χ3n) is 4.06. The first kappa shape index (κ1) is 21.5. The summed E-state index contributed by atoms with van der Waals surface area (Å²) in [5.41, 5.74) is 1.27. The number of piperazine rings is 1. The van der Waals surface area contributed by atoms with Gasteiger partial charge in [0, 0.05) is 51.9 Å². The third-order valence-corrected chi connectivity index (χ3v) is 4.06. The number of anilines is 1. The van der Waals surface area contributed by atoms with E-state index >= 15 is 0 Å². The lowest BCUT2D eigenvalue weighted by atomic mass is 10.2. The smallest absolute Gasteiger partial charge is 0.305 e. The molecule has 0 atom stereocenters. The molecule has 140 valence electrons. The van der Waals surface area contributed by atoms with Crippen LogP contribution in [0.4, 0.5) is 5.69 Å². The Labute approximate surface area is 167 Å². The number of nitrogens with one attached hydrogen (secondary N) is 1. The Morgan fingerprint density at radius 2 is 1.88 bits per heavy atom. The van der Waals surface area contributed by atoms with E-state index in [4.69, 9.17) is 4.74 Å². The summed E-state index contributed by atoms with van der Waals surface area (Å²) in [5.74, 6) is 0.775. The predicted molar refractivity (Wildman–Crippen MR) is 113 cm³/mol. The van der Waals surface area contributed by atoms with Crippen molar-refractivity contribution in [3.63, 3.8) is 0 Å². The van der Waals surface area contributed by atoms with Crippen LogP contribution in [0.1, 0.15) is 19.8 Å². The van der Waals surface area contributed by atoms with Crippen LogP contribution in [0.2, 0.25) is 0 Å². The Bertz CT molecular complexity index is 531. The monoisotopic (exact) mass is 460 g/mol. The first-order valence-corrected chi connectivity index (χ1v) is 8.65. The predicted octanol–water partition coefficient (Wildman–Crippen LogP) is 2.35. The average Bonchev–Trinajstić information content (AvgIpc) is 2.63. The quantitative estimate of drug-likeness (QED) is 0.232. The van der Waals surface area contributed by atoms with Crippen LogP contribution in [0.25, 0.3) is 0 Å². The number of hydrogen-bond donors (Lipinski definition) is 1. The lowest BCUT2D eigenvalue weighted by Gasteiger charge is -2.37. The topological polar surface area (TPSA) is 57.2 Å². The summed E-state index contributed by atoms with van der Waals surface area (Å²) >= 11 is 0. The fourth-order valence-electron chi connectivity index (χ4n) is 2.81. The second kappa shape index (κ2) is 11.9. The molecule has 25 heavy (non-hydrogen) atoms. The van der Waals surface area contributed by atoms with Crippen molar-refractivity contribution in [2.45, 2.75) is 19.8 Å². The molecule has 0 radical (unpaired) electrons. The van der Waals surface area contributed by atoms with E-state index in [2.05, 4.69) is 44.4 Å². The summed E-state index contributed by atoms with van der Waals surface area (Å²) in [6.07, 6.45) is 1.20. The molecule has 1 N–H and O–H groups in total. The fourth-order valence-corrected chi connectivity index (χ4v) is 2.81. The Hall–Kier alpha value is -1.51. The van der Waals surface area contributed by atoms with Crippen LogP contribution in [-0.4, -0.2) is 63.2 Å². The number of para-hydroxylation sites is 1.